The average Bonchev–Trinajstić information content (AvgIpc) is 2.83. The Bertz CT molecular complexity index is 482. The molecular weight excluding hydrogens is 208 g/mol. The average molecular weight is 220 g/mol. The first-order chi connectivity index (χ1) is 7.34. The highest BCUT2D eigenvalue weighted by Crippen LogP contribution is 2.31. The summed E-state index contributed by atoms with van der Waals surface area (Å²) in [6, 6.07) is 8.25. The van der Waals surface area contributed by atoms with Crippen LogP contribution < -0.4 is 4.90 Å². The Kier molecular flexibility index (Phi) is 2.11. The second kappa shape index (κ2) is 3.47. The van der Waals surface area contributed by atoms with Crippen molar-refractivity contribution in [2.45, 2.75) is 12.5 Å². The van der Waals surface area contributed by atoms with Crippen molar-refractivity contribution in [2.24, 2.45) is 0 Å². The molecule has 3 nitrogen and oxygen atoms in total. The third-order valence-corrected chi connectivity index (χ3v) is 3.64. The first kappa shape index (κ1) is 9.12. The van der Waals surface area contributed by atoms with Crippen LogP contribution in [-0.4, -0.2) is 28.7 Å². The molecule has 2 heterocycles. The van der Waals surface area contributed by atoms with Crippen LogP contribution in [0.2, 0.25) is 0 Å². The molecule has 0 bridgehead atoms. The van der Waals surface area contributed by atoms with E-state index < -0.39 is 0 Å². The number of anilines is 1. The fraction of sp³-hybridized carbons (Fsp3) is 0.364. The van der Waals surface area contributed by atoms with E-state index in [1.165, 1.54) is 21.6 Å². The molecule has 1 aromatic carbocycles. The predicted octanol–water partition coefficient (Wildman–Crippen LogP) is 1.87. The van der Waals surface area contributed by atoms with Gasteiger partial charge in [-0.05, 0) is 30.1 Å². The van der Waals surface area contributed by atoms with Gasteiger partial charge in [0, 0.05) is 18.5 Å². The van der Waals surface area contributed by atoms with Gasteiger partial charge in [0.2, 0.25) is 0 Å². The SMILES string of the molecule is O[C@@H]1CCN(c2nsc3ccccc23)C1. The molecule has 0 unspecified atom stereocenters. The fourth-order valence-corrected chi connectivity index (χ4v) is 2.83. The van der Waals surface area contributed by atoms with Crippen LogP contribution in [0.25, 0.3) is 10.1 Å². The van der Waals surface area contributed by atoms with Gasteiger partial charge < -0.3 is 10.0 Å². The Morgan fingerprint density at radius 1 is 1.40 bits per heavy atom. The van der Waals surface area contributed by atoms with Crippen LogP contribution >= 0.6 is 11.5 Å². The quantitative estimate of drug-likeness (QED) is 0.797. The van der Waals surface area contributed by atoms with Gasteiger partial charge in [0.15, 0.2) is 0 Å². The van der Waals surface area contributed by atoms with Gasteiger partial charge in [0.05, 0.1) is 10.8 Å². The topological polar surface area (TPSA) is 36.4 Å². The molecule has 1 saturated heterocycles. The molecule has 1 aliphatic rings. The van der Waals surface area contributed by atoms with E-state index in [2.05, 4.69) is 21.4 Å². The number of aliphatic hydroxyl groups is 1. The molecule has 0 spiro atoms. The third-order valence-electron chi connectivity index (χ3n) is 2.82. The number of hydrogen-bond donors (Lipinski definition) is 1. The Hall–Kier alpha value is -1.13. The maximum atomic E-state index is 9.50. The smallest absolute Gasteiger partial charge is 0.150 e. The summed E-state index contributed by atoms with van der Waals surface area (Å²) in [7, 11) is 0. The van der Waals surface area contributed by atoms with Crippen LogP contribution in [0.1, 0.15) is 6.42 Å². The van der Waals surface area contributed by atoms with Crippen molar-refractivity contribution in [3.63, 3.8) is 0 Å². The third kappa shape index (κ3) is 1.50. The summed E-state index contributed by atoms with van der Waals surface area (Å²) in [4.78, 5) is 2.17. The van der Waals surface area contributed by atoms with Crippen molar-refractivity contribution in [1.82, 2.24) is 4.37 Å². The van der Waals surface area contributed by atoms with Gasteiger partial charge >= 0.3 is 0 Å². The molecule has 2 aromatic rings. The number of benzene rings is 1. The summed E-state index contributed by atoms with van der Waals surface area (Å²) in [6.45, 7) is 1.63. The van der Waals surface area contributed by atoms with Gasteiger partial charge in [0.25, 0.3) is 0 Å². The van der Waals surface area contributed by atoms with E-state index in [1.807, 2.05) is 12.1 Å². The molecule has 3 rings (SSSR count). The van der Waals surface area contributed by atoms with Crippen molar-refractivity contribution in [3.05, 3.63) is 24.3 Å². The lowest BCUT2D eigenvalue weighted by atomic mass is 10.2. The van der Waals surface area contributed by atoms with E-state index in [1.54, 1.807) is 0 Å². The Morgan fingerprint density at radius 3 is 3.07 bits per heavy atom. The maximum Gasteiger partial charge on any atom is 0.150 e. The van der Waals surface area contributed by atoms with Gasteiger partial charge in [-0.15, -0.1) is 0 Å². The van der Waals surface area contributed by atoms with E-state index in [0.717, 1.165) is 18.8 Å². The number of rotatable bonds is 1. The lowest BCUT2D eigenvalue weighted by molar-refractivity contribution is 0.198. The number of nitrogens with zero attached hydrogens (tertiary/aromatic N) is 2. The molecule has 1 atom stereocenters. The highest BCUT2D eigenvalue weighted by atomic mass is 32.1. The minimum atomic E-state index is -0.189. The number of fused-ring (bicyclic) bond motifs is 1. The van der Waals surface area contributed by atoms with Crippen LogP contribution in [0.4, 0.5) is 5.82 Å². The van der Waals surface area contributed by atoms with Crippen LogP contribution in [0.15, 0.2) is 24.3 Å². The fourth-order valence-electron chi connectivity index (χ4n) is 2.03. The highest BCUT2D eigenvalue weighted by Gasteiger charge is 2.23. The summed E-state index contributed by atoms with van der Waals surface area (Å²) < 4.78 is 5.68. The first-order valence-electron chi connectivity index (χ1n) is 5.12. The zero-order valence-corrected chi connectivity index (χ0v) is 9.07. The standard InChI is InChI=1S/C11H12N2OS/c14-8-5-6-13(7-8)11-9-3-1-2-4-10(9)15-12-11/h1-4,8,14H,5-7H2/t8-/m1/s1. The summed E-state index contributed by atoms with van der Waals surface area (Å²) in [5.74, 6) is 1.03. The number of β-amino-alcohol motifs (C(OH)–C–C–N with tert-alkyl or cyclic N) is 1. The summed E-state index contributed by atoms with van der Waals surface area (Å²) in [5, 5.41) is 10.7. The van der Waals surface area contributed by atoms with Gasteiger partial charge in [-0.3, -0.25) is 0 Å². The summed E-state index contributed by atoms with van der Waals surface area (Å²) in [5.41, 5.74) is 0. The lowest BCUT2D eigenvalue weighted by Gasteiger charge is -2.14. The van der Waals surface area contributed by atoms with E-state index in [4.69, 9.17) is 0 Å². The summed E-state index contributed by atoms with van der Waals surface area (Å²) in [6.07, 6.45) is 0.664. The number of aromatic nitrogens is 1. The van der Waals surface area contributed by atoms with E-state index in [0.29, 0.717) is 6.54 Å². The lowest BCUT2D eigenvalue weighted by Crippen LogP contribution is -2.21. The van der Waals surface area contributed by atoms with E-state index in [-0.39, 0.29) is 6.10 Å². The van der Waals surface area contributed by atoms with Crippen LogP contribution in [-0.2, 0) is 0 Å². The first-order valence-corrected chi connectivity index (χ1v) is 5.89. The molecule has 1 aromatic heterocycles. The molecule has 15 heavy (non-hydrogen) atoms. The predicted molar refractivity (Wildman–Crippen MR) is 62.5 cm³/mol. The molecule has 0 amide bonds. The van der Waals surface area contributed by atoms with E-state index >= 15 is 0 Å². The Balaban J connectivity index is 2.04. The molecular formula is C11H12N2OS. The van der Waals surface area contributed by atoms with Crippen molar-refractivity contribution >= 4 is 27.4 Å². The zero-order chi connectivity index (χ0) is 10.3. The largest absolute Gasteiger partial charge is 0.391 e. The molecule has 0 aliphatic carbocycles. The van der Waals surface area contributed by atoms with Crippen molar-refractivity contribution in [3.8, 4) is 0 Å². The van der Waals surface area contributed by atoms with E-state index in [9.17, 15) is 5.11 Å². The van der Waals surface area contributed by atoms with Crippen molar-refractivity contribution in [1.29, 1.82) is 0 Å². The Morgan fingerprint density at radius 2 is 2.27 bits per heavy atom. The zero-order valence-electron chi connectivity index (χ0n) is 8.26. The second-order valence-electron chi connectivity index (χ2n) is 3.89. The number of hydrogen-bond acceptors (Lipinski definition) is 4. The Labute approximate surface area is 92.1 Å². The molecule has 0 radical (unpaired) electrons. The van der Waals surface area contributed by atoms with Gasteiger partial charge in [-0.25, -0.2) is 0 Å². The van der Waals surface area contributed by atoms with Crippen LogP contribution in [0.3, 0.4) is 0 Å². The number of aliphatic hydroxyl groups excluding tert-OH is 1. The highest BCUT2D eigenvalue weighted by molar-refractivity contribution is 7.13. The normalized spacial score (nSPS) is 21.4. The van der Waals surface area contributed by atoms with Gasteiger partial charge in [-0.2, -0.15) is 4.37 Å². The minimum Gasteiger partial charge on any atom is -0.391 e. The van der Waals surface area contributed by atoms with Gasteiger partial charge in [-0.1, -0.05) is 12.1 Å². The summed E-state index contributed by atoms with van der Waals surface area (Å²) >= 11 is 1.53. The van der Waals surface area contributed by atoms with Gasteiger partial charge in [0.1, 0.15) is 5.82 Å². The molecule has 1 N–H and O–H groups in total. The molecule has 0 saturated carbocycles. The molecule has 4 heteroatoms. The van der Waals surface area contributed by atoms with Crippen LogP contribution in [0, 0.1) is 0 Å². The minimum absolute atomic E-state index is 0.189. The molecule has 1 aliphatic heterocycles. The van der Waals surface area contributed by atoms with Crippen molar-refractivity contribution in [2.75, 3.05) is 18.0 Å². The molecule has 78 valence electrons. The maximum absolute atomic E-state index is 9.50. The molecule has 1 fully saturated rings. The van der Waals surface area contributed by atoms with Crippen molar-refractivity contribution < 1.29 is 5.11 Å². The monoisotopic (exact) mass is 220 g/mol. The van der Waals surface area contributed by atoms with Crippen LogP contribution in [0.5, 0.6) is 0 Å². The second-order valence-corrected chi connectivity index (χ2v) is 4.70.